The van der Waals surface area contributed by atoms with E-state index in [4.69, 9.17) is 0 Å². The molecule has 0 spiro atoms. The van der Waals surface area contributed by atoms with E-state index >= 15 is 4.39 Å². The number of aliphatic hydroxyl groups excluding tert-OH is 1. The monoisotopic (exact) mass is 363 g/mol. The number of aliphatic hydroxyl groups is 1. The maximum atomic E-state index is 15.1. The van der Waals surface area contributed by atoms with Crippen molar-refractivity contribution < 1.29 is 9.50 Å². The SMILES string of the molecule is O[C@@H]1CCCC[C@H]1Nc1ncc(-c2cccc(-c3ccccc3)c2F)cn1. The van der Waals surface area contributed by atoms with Crippen molar-refractivity contribution in [3.05, 3.63) is 66.7 Å². The van der Waals surface area contributed by atoms with E-state index in [0.717, 1.165) is 31.2 Å². The second-order valence-electron chi connectivity index (χ2n) is 6.93. The lowest BCUT2D eigenvalue weighted by Gasteiger charge is -2.28. The van der Waals surface area contributed by atoms with Crippen LogP contribution in [-0.2, 0) is 0 Å². The van der Waals surface area contributed by atoms with Gasteiger partial charge in [-0.1, -0.05) is 61.4 Å². The Balaban J connectivity index is 1.57. The summed E-state index contributed by atoms with van der Waals surface area (Å²) in [5.74, 6) is 0.181. The molecule has 1 heterocycles. The van der Waals surface area contributed by atoms with E-state index in [1.807, 2.05) is 36.4 Å². The molecule has 0 bridgehead atoms. The molecule has 1 aliphatic carbocycles. The van der Waals surface area contributed by atoms with Crippen LogP contribution >= 0.6 is 0 Å². The van der Waals surface area contributed by atoms with Crippen molar-refractivity contribution >= 4 is 5.95 Å². The molecule has 1 saturated carbocycles. The second-order valence-corrected chi connectivity index (χ2v) is 6.93. The Morgan fingerprint density at radius 1 is 0.852 bits per heavy atom. The first-order chi connectivity index (χ1) is 13.2. The predicted molar refractivity (Wildman–Crippen MR) is 105 cm³/mol. The maximum Gasteiger partial charge on any atom is 0.222 e. The third kappa shape index (κ3) is 3.83. The molecule has 4 nitrogen and oxygen atoms in total. The summed E-state index contributed by atoms with van der Waals surface area (Å²) in [4.78, 5) is 8.65. The largest absolute Gasteiger partial charge is 0.391 e. The van der Waals surface area contributed by atoms with Gasteiger partial charge in [-0.2, -0.15) is 0 Å². The Bertz CT molecular complexity index is 899. The molecule has 0 radical (unpaired) electrons. The van der Waals surface area contributed by atoms with Crippen LogP contribution in [0.2, 0.25) is 0 Å². The smallest absolute Gasteiger partial charge is 0.222 e. The second kappa shape index (κ2) is 7.84. The number of hydrogen-bond donors (Lipinski definition) is 2. The van der Waals surface area contributed by atoms with Crippen molar-refractivity contribution in [1.29, 1.82) is 0 Å². The molecule has 5 heteroatoms. The van der Waals surface area contributed by atoms with Gasteiger partial charge in [-0.3, -0.25) is 0 Å². The molecular weight excluding hydrogens is 341 g/mol. The van der Waals surface area contributed by atoms with Gasteiger partial charge in [-0.25, -0.2) is 14.4 Å². The van der Waals surface area contributed by atoms with E-state index in [1.165, 1.54) is 0 Å². The van der Waals surface area contributed by atoms with E-state index in [9.17, 15) is 5.11 Å². The third-order valence-corrected chi connectivity index (χ3v) is 5.09. The average molecular weight is 363 g/mol. The van der Waals surface area contributed by atoms with Crippen LogP contribution in [0, 0.1) is 5.82 Å². The summed E-state index contributed by atoms with van der Waals surface area (Å²) < 4.78 is 15.1. The van der Waals surface area contributed by atoms with Gasteiger partial charge >= 0.3 is 0 Å². The summed E-state index contributed by atoms with van der Waals surface area (Å²) in [5.41, 5.74) is 2.49. The van der Waals surface area contributed by atoms with Gasteiger partial charge in [-0.15, -0.1) is 0 Å². The standard InChI is InChI=1S/C22H22FN3O/c23-21-17(15-7-2-1-3-8-15)9-6-10-18(21)16-13-24-22(25-14-16)26-19-11-4-5-12-20(19)27/h1-3,6-10,13-14,19-20,27H,4-5,11-12H2,(H,24,25,26)/t19-,20-/m1/s1. The highest BCUT2D eigenvalue weighted by molar-refractivity contribution is 5.73. The molecule has 2 atom stereocenters. The first-order valence-electron chi connectivity index (χ1n) is 9.33. The quantitative estimate of drug-likeness (QED) is 0.707. The highest BCUT2D eigenvalue weighted by atomic mass is 19.1. The number of nitrogens with zero attached hydrogens (tertiary/aromatic N) is 2. The van der Waals surface area contributed by atoms with E-state index in [1.54, 1.807) is 24.5 Å². The third-order valence-electron chi connectivity index (χ3n) is 5.09. The van der Waals surface area contributed by atoms with Crippen molar-refractivity contribution in [3.63, 3.8) is 0 Å². The topological polar surface area (TPSA) is 58.0 Å². The molecular formula is C22H22FN3O. The summed E-state index contributed by atoms with van der Waals surface area (Å²) in [7, 11) is 0. The molecule has 138 valence electrons. The molecule has 27 heavy (non-hydrogen) atoms. The molecule has 0 aliphatic heterocycles. The molecule has 4 rings (SSSR count). The van der Waals surface area contributed by atoms with Crippen LogP contribution in [0.1, 0.15) is 25.7 Å². The van der Waals surface area contributed by atoms with Crippen LogP contribution in [-0.4, -0.2) is 27.2 Å². The fourth-order valence-corrected chi connectivity index (χ4v) is 3.58. The molecule has 1 aliphatic rings. The number of rotatable bonds is 4. The van der Waals surface area contributed by atoms with E-state index < -0.39 is 0 Å². The summed E-state index contributed by atoms with van der Waals surface area (Å²) in [6, 6.07) is 14.8. The zero-order valence-corrected chi connectivity index (χ0v) is 15.0. The number of aromatic nitrogens is 2. The van der Waals surface area contributed by atoms with Crippen molar-refractivity contribution in [1.82, 2.24) is 9.97 Å². The number of halogens is 1. The molecule has 0 saturated heterocycles. The van der Waals surface area contributed by atoms with Crippen LogP contribution in [0.4, 0.5) is 10.3 Å². The summed E-state index contributed by atoms with van der Waals surface area (Å²) in [5, 5.41) is 13.3. The summed E-state index contributed by atoms with van der Waals surface area (Å²) >= 11 is 0. The van der Waals surface area contributed by atoms with Crippen molar-refractivity contribution in [2.24, 2.45) is 0 Å². The molecule has 3 aromatic rings. The normalized spacial score (nSPS) is 19.6. The van der Waals surface area contributed by atoms with Crippen molar-refractivity contribution in [3.8, 4) is 22.3 Å². The zero-order chi connectivity index (χ0) is 18.6. The van der Waals surface area contributed by atoms with Gasteiger partial charge in [-0.05, 0) is 18.4 Å². The Hall–Kier alpha value is -2.79. The molecule has 0 unspecified atom stereocenters. The molecule has 2 N–H and O–H groups in total. The summed E-state index contributed by atoms with van der Waals surface area (Å²) in [6.45, 7) is 0. The minimum atomic E-state index is -0.373. The van der Waals surface area contributed by atoms with Gasteiger partial charge in [0.2, 0.25) is 5.95 Å². The first-order valence-corrected chi connectivity index (χ1v) is 9.33. The minimum Gasteiger partial charge on any atom is -0.391 e. The van der Waals surface area contributed by atoms with Gasteiger partial charge in [0.15, 0.2) is 0 Å². The Kier molecular flexibility index (Phi) is 5.12. The lowest BCUT2D eigenvalue weighted by Crippen LogP contribution is -2.36. The highest BCUT2D eigenvalue weighted by Gasteiger charge is 2.23. The maximum absolute atomic E-state index is 15.1. The average Bonchev–Trinajstić information content (AvgIpc) is 2.71. The molecule has 1 fully saturated rings. The number of anilines is 1. The lowest BCUT2D eigenvalue weighted by molar-refractivity contribution is 0.116. The Morgan fingerprint density at radius 2 is 1.52 bits per heavy atom. The Labute approximate surface area is 158 Å². The molecule has 0 amide bonds. The van der Waals surface area contributed by atoms with Crippen LogP contribution in [0.3, 0.4) is 0 Å². The fourth-order valence-electron chi connectivity index (χ4n) is 3.58. The summed E-state index contributed by atoms with van der Waals surface area (Å²) in [6.07, 6.45) is 6.71. The highest BCUT2D eigenvalue weighted by Crippen LogP contribution is 2.30. The van der Waals surface area contributed by atoms with Crippen molar-refractivity contribution in [2.75, 3.05) is 5.32 Å². The zero-order valence-electron chi connectivity index (χ0n) is 15.0. The van der Waals surface area contributed by atoms with Crippen LogP contribution in [0.15, 0.2) is 60.9 Å². The van der Waals surface area contributed by atoms with Gasteiger partial charge in [0.25, 0.3) is 0 Å². The predicted octanol–water partition coefficient (Wildman–Crippen LogP) is 4.67. The Morgan fingerprint density at radius 3 is 2.22 bits per heavy atom. The van der Waals surface area contributed by atoms with Crippen molar-refractivity contribution in [2.45, 2.75) is 37.8 Å². The van der Waals surface area contributed by atoms with Gasteiger partial charge in [0.1, 0.15) is 5.82 Å². The van der Waals surface area contributed by atoms with Gasteiger partial charge in [0.05, 0.1) is 12.1 Å². The molecule has 2 aromatic carbocycles. The van der Waals surface area contributed by atoms with E-state index in [0.29, 0.717) is 22.6 Å². The van der Waals surface area contributed by atoms with Crippen LogP contribution < -0.4 is 5.32 Å². The van der Waals surface area contributed by atoms with Gasteiger partial charge in [0, 0.05) is 29.1 Å². The van der Waals surface area contributed by atoms with Gasteiger partial charge < -0.3 is 10.4 Å². The van der Waals surface area contributed by atoms with E-state index in [-0.39, 0.29) is 18.0 Å². The molecule has 1 aromatic heterocycles. The minimum absolute atomic E-state index is 0.0252. The lowest BCUT2D eigenvalue weighted by atomic mass is 9.93. The number of benzene rings is 2. The number of nitrogens with one attached hydrogen (secondary N) is 1. The fraction of sp³-hybridized carbons (Fsp3) is 0.273. The first kappa shape index (κ1) is 17.6. The number of hydrogen-bond acceptors (Lipinski definition) is 4. The van der Waals surface area contributed by atoms with Crippen LogP contribution in [0.5, 0.6) is 0 Å². The van der Waals surface area contributed by atoms with E-state index in [2.05, 4.69) is 15.3 Å². The van der Waals surface area contributed by atoms with Crippen LogP contribution in [0.25, 0.3) is 22.3 Å².